The summed E-state index contributed by atoms with van der Waals surface area (Å²) >= 11 is 1.01. The molecule has 0 bridgehead atoms. The summed E-state index contributed by atoms with van der Waals surface area (Å²) in [6, 6.07) is 7.26. The average molecular weight is 243 g/mol. The Kier molecular flexibility index (Phi) is 2.71. The largest absolute Gasteiger partial charge is 0.434 e. The van der Waals surface area contributed by atoms with Crippen LogP contribution in [0.5, 0.6) is 0 Å². The SMILES string of the molecule is Cc1ccccc1-c1nc(C(F)(F)F)cs1. The zero-order valence-corrected chi connectivity index (χ0v) is 9.19. The smallest absolute Gasteiger partial charge is 0.232 e. The van der Waals surface area contributed by atoms with Gasteiger partial charge in [0.15, 0.2) is 5.69 Å². The van der Waals surface area contributed by atoms with E-state index in [0.717, 1.165) is 27.8 Å². The molecule has 1 aromatic carbocycles. The van der Waals surface area contributed by atoms with E-state index in [1.807, 2.05) is 19.1 Å². The maximum absolute atomic E-state index is 12.4. The molecular formula is C11H8F3NS. The van der Waals surface area contributed by atoms with Crippen molar-refractivity contribution < 1.29 is 13.2 Å². The molecule has 84 valence electrons. The minimum absolute atomic E-state index is 0.408. The molecule has 0 saturated carbocycles. The molecule has 0 atom stereocenters. The van der Waals surface area contributed by atoms with Crippen LogP contribution in [0.4, 0.5) is 13.2 Å². The number of hydrogen-bond donors (Lipinski definition) is 0. The fourth-order valence-electron chi connectivity index (χ4n) is 1.34. The van der Waals surface area contributed by atoms with E-state index in [-0.39, 0.29) is 0 Å². The molecule has 1 heterocycles. The molecular weight excluding hydrogens is 235 g/mol. The molecule has 0 unspecified atom stereocenters. The van der Waals surface area contributed by atoms with Gasteiger partial charge in [0.05, 0.1) is 0 Å². The summed E-state index contributed by atoms with van der Waals surface area (Å²) in [7, 11) is 0. The Morgan fingerprint density at radius 3 is 2.44 bits per heavy atom. The number of aromatic nitrogens is 1. The number of thiazole rings is 1. The van der Waals surface area contributed by atoms with Gasteiger partial charge in [-0.2, -0.15) is 13.2 Å². The number of rotatable bonds is 1. The van der Waals surface area contributed by atoms with Crippen LogP contribution in [-0.2, 0) is 6.18 Å². The Labute approximate surface area is 94.6 Å². The number of hydrogen-bond acceptors (Lipinski definition) is 2. The summed E-state index contributed by atoms with van der Waals surface area (Å²) in [6.45, 7) is 1.85. The summed E-state index contributed by atoms with van der Waals surface area (Å²) in [5.74, 6) is 0. The molecule has 0 saturated heterocycles. The van der Waals surface area contributed by atoms with Crippen LogP contribution in [0.1, 0.15) is 11.3 Å². The Hall–Kier alpha value is -1.36. The molecule has 2 aromatic rings. The Morgan fingerprint density at radius 1 is 1.19 bits per heavy atom. The number of halogens is 3. The third-order valence-corrected chi connectivity index (χ3v) is 3.05. The molecule has 1 nitrogen and oxygen atoms in total. The lowest BCUT2D eigenvalue weighted by atomic mass is 10.1. The number of benzene rings is 1. The molecule has 0 radical (unpaired) electrons. The number of nitrogens with zero attached hydrogens (tertiary/aromatic N) is 1. The summed E-state index contributed by atoms with van der Waals surface area (Å²) in [5, 5.41) is 1.45. The molecule has 5 heteroatoms. The fraction of sp³-hybridized carbons (Fsp3) is 0.182. The Bertz CT molecular complexity index is 502. The average Bonchev–Trinajstić information content (AvgIpc) is 2.66. The topological polar surface area (TPSA) is 12.9 Å². The minimum atomic E-state index is -4.36. The maximum Gasteiger partial charge on any atom is 0.434 e. The molecule has 0 spiro atoms. The second-order valence-corrected chi connectivity index (χ2v) is 4.21. The Morgan fingerprint density at radius 2 is 1.88 bits per heavy atom. The number of alkyl halides is 3. The second-order valence-electron chi connectivity index (χ2n) is 3.35. The summed E-state index contributed by atoms with van der Waals surface area (Å²) in [6.07, 6.45) is -4.36. The lowest BCUT2D eigenvalue weighted by Gasteiger charge is -2.02. The third-order valence-electron chi connectivity index (χ3n) is 2.17. The predicted octanol–water partition coefficient (Wildman–Crippen LogP) is 4.14. The van der Waals surface area contributed by atoms with Crippen molar-refractivity contribution in [2.75, 3.05) is 0 Å². The van der Waals surface area contributed by atoms with Gasteiger partial charge in [0.2, 0.25) is 0 Å². The van der Waals surface area contributed by atoms with Crippen molar-refractivity contribution in [2.24, 2.45) is 0 Å². The van der Waals surface area contributed by atoms with Gasteiger partial charge in [-0.3, -0.25) is 0 Å². The molecule has 0 aliphatic carbocycles. The molecule has 0 amide bonds. The highest BCUT2D eigenvalue weighted by Gasteiger charge is 2.33. The first-order valence-electron chi connectivity index (χ1n) is 4.57. The van der Waals surface area contributed by atoms with Gasteiger partial charge >= 0.3 is 6.18 Å². The first kappa shape index (κ1) is 11.1. The monoisotopic (exact) mass is 243 g/mol. The summed E-state index contributed by atoms with van der Waals surface area (Å²) < 4.78 is 37.1. The summed E-state index contributed by atoms with van der Waals surface area (Å²) in [4.78, 5) is 3.61. The van der Waals surface area contributed by atoms with Crippen molar-refractivity contribution in [3.8, 4) is 10.6 Å². The van der Waals surface area contributed by atoms with E-state index in [9.17, 15) is 13.2 Å². The van der Waals surface area contributed by atoms with Gasteiger partial charge in [0.1, 0.15) is 5.01 Å². The van der Waals surface area contributed by atoms with Crippen molar-refractivity contribution in [2.45, 2.75) is 13.1 Å². The van der Waals surface area contributed by atoms with E-state index in [1.165, 1.54) is 0 Å². The zero-order chi connectivity index (χ0) is 11.8. The van der Waals surface area contributed by atoms with Crippen LogP contribution in [0.2, 0.25) is 0 Å². The van der Waals surface area contributed by atoms with Gasteiger partial charge in [-0.1, -0.05) is 24.3 Å². The lowest BCUT2D eigenvalue weighted by molar-refractivity contribution is -0.140. The first-order valence-corrected chi connectivity index (χ1v) is 5.45. The van der Waals surface area contributed by atoms with Crippen molar-refractivity contribution in [3.63, 3.8) is 0 Å². The van der Waals surface area contributed by atoms with E-state index in [1.54, 1.807) is 12.1 Å². The van der Waals surface area contributed by atoms with Crippen LogP contribution in [0.25, 0.3) is 10.6 Å². The van der Waals surface area contributed by atoms with E-state index in [2.05, 4.69) is 4.98 Å². The van der Waals surface area contributed by atoms with E-state index in [0.29, 0.717) is 5.01 Å². The van der Waals surface area contributed by atoms with Gasteiger partial charge in [0.25, 0.3) is 0 Å². The normalized spacial score (nSPS) is 11.8. The van der Waals surface area contributed by atoms with Gasteiger partial charge in [-0.25, -0.2) is 4.98 Å². The van der Waals surface area contributed by atoms with Crippen LogP contribution in [0.3, 0.4) is 0 Å². The molecule has 0 aliphatic heterocycles. The van der Waals surface area contributed by atoms with Crippen LogP contribution < -0.4 is 0 Å². The van der Waals surface area contributed by atoms with Crippen molar-refractivity contribution >= 4 is 11.3 Å². The van der Waals surface area contributed by atoms with E-state index in [4.69, 9.17) is 0 Å². The standard InChI is InChI=1S/C11H8F3NS/c1-7-4-2-3-5-8(7)10-15-9(6-16-10)11(12,13)14/h2-6H,1H3. The van der Waals surface area contributed by atoms with Gasteiger partial charge in [0, 0.05) is 10.9 Å². The van der Waals surface area contributed by atoms with E-state index < -0.39 is 11.9 Å². The quantitative estimate of drug-likeness (QED) is 0.733. The Balaban J connectivity index is 2.44. The van der Waals surface area contributed by atoms with Crippen LogP contribution in [0.15, 0.2) is 29.6 Å². The highest BCUT2D eigenvalue weighted by Crippen LogP contribution is 2.34. The van der Waals surface area contributed by atoms with Gasteiger partial charge < -0.3 is 0 Å². The molecule has 0 fully saturated rings. The highest BCUT2D eigenvalue weighted by molar-refractivity contribution is 7.13. The molecule has 0 aliphatic rings. The minimum Gasteiger partial charge on any atom is -0.232 e. The van der Waals surface area contributed by atoms with Crippen molar-refractivity contribution in [1.29, 1.82) is 0 Å². The summed E-state index contributed by atoms with van der Waals surface area (Å²) in [5.41, 5.74) is 0.851. The fourth-order valence-corrected chi connectivity index (χ4v) is 2.26. The zero-order valence-electron chi connectivity index (χ0n) is 8.38. The molecule has 16 heavy (non-hydrogen) atoms. The predicted molar refractivity (Wildman–Crippen MR) is 57.3 cm³/mol. The van der Waals surface area contributed by atoms with E-state index >= 15 is 0 Å². The van der Waals surface area contributed by atoms with Gasteiger partial charge in [-0.05, 0) is 12.5 Å². The molecule has 2 rings (SSSR count). The van der Waals surface area contributed by atoms with Crippen LogP contribution in [-0.4, -0.2) is 4.98 Å². The van der Waals surface area contributed by atoms with Crippen LogP contribution in [0, 0.1) is 6.92 Å². The highest BCUT2D eigenvalue weighted by atomic mass is 32.1. The molecule has 0 N–H and O–H groups in total. The maximum atomic E-state index is 12.4. The van der Waals surface area contributed by atoms with Crippen LogP contribution >= 0.6 is 11.3 Å². The lowest BCUT2D eigenvalue weighted by Crippen LogP contribution is -2.04. The number of aryl methyl sites for hydroxylation is 1. The van der Waals surface area contributed by atoms with Gasteiger partial charge in [-0.15, -0.1) is 11.3 Å². The van der Waals surface area contributed by atoms with Crippen molar-refractivity contribution in [1.82, 2.24) is 4.98 Å². The molecule has 1 aromatic heterocycles. The van der Waals surface area contributed by atoms with Crippen molar-refractivity contribution in [3.05, 3.63) is 40.9 Å². The first-order chi connectivity index (χ1) is 7.48. The third kappa shape index (κ3) is 2.09. The second kappa shape index (κ2) is 3.90.